The third kappa shape index (κ3) is 4.64. The summed E-state index contributed by atoms with van der Waals surface area (Å²) in [5.41, 5.74) is 0. The molecule has 2 aromatic heterocycles. The van der Waals surface area contributed by atoms with Crippen molar-refractivity contribution in [2.45, 2.75) is 18.9 Å². The molecule has 3 aliphatic heterocycles. The number of aromatic nitrogens is 3. The predicted molar refractivity (Wildman–Crippen MR) is 114 cm³/mol. The summed E-state index contributed by atoms with van der Waals surface area (Å²) in [6.07, 6.45) is 4.29. The molecule has 3 fully saturated rings. The predicted octanol–water partition coefficient (Wildman–Crippen LogP) is 0.728. The third-order valence-electron chi connectivity index (χ3n) is 6.36. The van der Waals surface area contributed by atoms with Gasteiger partial charge in [-0.25, -0.2) is 0 Å². The van der Waals surface area contributed by atoms with Crippen molar-refractivity contribution in [3.63, 3.8) is 0 Å². The molecule has 1 atom stereocenters. The van der Waals surface area contributed by atoms with Crippen LogP contribution in [0.3, 0.4) is 0 Å². The molecule has 0 bridgehead atoms. The van der Waals surface area contributed by atoms with Crippen molar-refractivity contribution in [2.24, 2.45) is 0 Å². The Morgan fingerprint density at radius 1 is 0.935 bits per heavy atom. The lowest BCUT2D eigenvalue weighted by molar-refractivity contribution is 0.0704. The van der Waals surface area contributed by atoms with Crippen LogP contribution in [0.4, 0.5) is 11.6 Å². The van der Waals surface area contributed by atoms with Gasteiger partial charge in [-0.05, 0) is 25.0 Å². The van der Waals surface area contributed by atoms with E-state index in [9.17, 15) is 4.79 Å². The molecule has 5 heterocycles. The largest absolute Gasteiger partial charge is 0.377 e. The van der Waals surface area contributed by atoms with Gasteiger partial charge < -0.3 is 24.0 Å². The first-order valence-electron chi connectivity index (χ1n) is 11.1. The van der Waals surface area contributed by atoms with Crippen molar-refractivity contribution in [1.29, 1.82) is 0 Å². The highest BCUT2D eigenvalue weighted by molar-refractivity contribution is 5.91. The lowest BCUT2D eigenvalue weighted by Crippen LogP contribution is -2.49. The van der Waals surface area contributed by atoms with E-state index in [2.05, 4.69) is 36.1 Å². The summed E-state index contributed by atoms with van der Waals surface area (Å²) in [7, 11) is 0. The number of piperazine rings is 2. The van der Waals surface area contributed by atoms with Gasteiger partial charge in [0.1, 0.15) is 0 Å². The number of nitrogens with zero attached hydrogens (tertiary/aromatic N) is 7. The SMILES string of the molecule is O=C(c1ccno1)N1CCN(c2ccc(N3CCN(CC4CCCO4)CC3)nn2)CC1. The molecule has 10 heteroatoms. The molecular weight excluding hydrogens is 398 g/mol. The zero-order valence-electron chi connectivity index (χ0n) is 17.7. The Labute approximate surface area is 181 Å². The van der Waals surface area contributed by atoms with Gasteiger partial charge in [-0.3, -0.25) is 9.69 Å². The van der Waals surface area contributed by atoms with Crippen molar-refractivity contribution in [3.8, 4) is 0 Å². The first kappa shape index (κ1) is 20.2. The second kappa shape index (κ2) is 9.19. The van der Waals surface area contributed by atoms with Crippen LogP contribution in [-0.4, -0.2) is 103 Å². The van der Waals surface area contributed by atoms with Crippen LogP contribution >= 0.6 is 0 Å². The summed E-state index contributed by atoms with van der Waals surface area (Å²) < 4.78 is 10.7. The Bertz CT molecular complexity index is 838. The lowest BCUT2D eigenvalue weighted by Gasteiger charge is -2.36. The van der Waals surface area contributed by atoms with Crippen LogP contribution in [0.2, 0.25) is 0 Å². The maximum absolute atomic E-state index is 12.4. The van der Waals surface area contributed by atoms with Gasteiger partial charge in [0.2, 0.25) is 5.76 Å². The monoisotopic (exact) mass is 427 g/mol. The van der Waals surface area contributed by atoms with Crippen molar-refractivity contribution >= 4 is 17.5 Å². The Kier molecular flexibility index (Phi) is 5.99. The van der Waals surface area contributed by atoms with E-state index in [-0.39, 0.29) is 11.7 Å². The van der Waals surface area contributed by atoms with E-state index in [1.54, 1.807) is 11.0 Å². The summed E-state index contributed by atoms with van der Waals surface area (Å²) in [5.74, 6) is 1.96. The maximum atomic E-state index is 12.4. The molecule has 0 aliphatic carbocycles. The molecule has 2 aromatic rings. The molecule has 1 amide bonds. The molecule has 1 unspecified atom stereocenters. The van der Waals surface area contributed by atoms with E-state index in [1.165, 1.54) is 19.0 Å². The Morgan fingerprint density at radius 2 is 1.61 bits per heavy atom. The van der Waals surface area contributed by atoms with Gasteiger partial charge in [-0.15, -0.1) is 10.2 Å². The molecule has 0 aromatic carbocycles. The van der Waals surface area contributed by atoms with Crippen LogP contribution in [0, 0.1) is 0 Å². The smallest absolute Gasteiger partial charge is 0.292 e. The number of anilines is 2. The number of hydrogen-bond acceptors (Lipinski definition) is 9. The van der Waals surface area contributed by atoms with Crippen LogP contribution < -0.4 is 9.80 Å². The summed E-state index contributed by atoms with van der Waals surface area (Å²) >= 11 is 0. The van der Waals surface area contributed by atoms with E-state index >= 15 is 0 Å². The van der Waals surface area contributed by atoms with Gasteiger partial charge in [0.05, 0.1) is 12.3 Å². The van der Waals surface area contributed by atoms with Crippen LogP contribution in [-0.2, 0) is 4.74 Å². The number of ether oxygens (including phenoxy) is 1. The van der Waals surface area contributed by atoms with E-state index < -0.39 is 0 Å². The minimum absolute atomic E-state index is 0.114. The van der Waals surface area contributed by atoms with Crippen molar-refractivity contribution in [2.75, 3.05) is 75.3 Å². The number of carbonyl (C=O) groups is 1. The molecule has 0 radical (unpaired) electrons. The fourth-order valence-corrected chi connectivity index (χ4v) is 4.51. The standard InChI is InChI=1S/C21H29N7O3/c29-21(18-5-6-22-31-18)28-13-11-27(12-14-28)20-4-3-19(23-24-20)26-9-7-25(8-10-26)16-17-2-1-15-30-17/h3-6,17H,1-2,7-16H2. The molecule has 3 saturated heterocycles. The highest BCUT2D eigenvalue weighted by Crippen LogP contribution is 2.20. The van der Waals surface area contributed by atoms with Gasteiger partial charge in [0.15, 0.2) is 11.6 Å². The lowest BCUT2D eigenvalue weighted by atomic mass is 10.2. The second-order valence-electron chi connectivity index (χ2n) is 8.33. The molecule has 0 N–H and O–H groups in total. The summed E-state index contributed by atoms with van der Waals surface area (Å²) in [4.78, 5) is 21.1. The van der Waals surface area contributed by atoms with Gasteiger partial charge in [-0.1, -0.05) is 5.16 Å². The van der Waals surface area contributed by atoms with Gasteiger partial charge >= 0.3 is 0 Å². The molecule has 5 rings (SSSR count). The number of hydrogen-bond donors (Lipinski definition) is 0. The first-order chi connectivity index (χ1) is 15.3. The van der Waals surface area contributed by atoms with Crippen LogP contribution in [0.1, 0.15) is 23.4 Å². The van der Waals surface area contributed by atoms with E-state index in [0.717, 1.165) is 64.1 Å². The minimum atomic E-state index is -0.114. The number of rotatable bonds is 5. The third-order valence-corrected chi connectivity index (χ3v) is 6.36. The summed E-state index contributed by atoms with van der Waals surface area (Å²) in [6, 6.07) is 5.69. The molecule has 31 heavy (non-hydrogen) atoms. The average Bonchev–Trinajstić information content (AvgIpc) is 3.54. The Balaban J connectivity index is 1.10. The highest BCUT2D eigenvalue weighted by atomic mass is 16.5. The normalized spacial score (nSPS) is 22.8. The molecular formula is C21H29N7O3. The molecule has 0 saturated carbocycles. The Hall–Kier alpha value is -2.72. The topological polar surface area (TPSA) is 91.1 Å². The molecule has 0 spiro atoms. The van der Waals surface area contributed by atoms with Gasteiger partial charge in [0, 0.05) is 71.6 Å². The summed E-state index contributed by atoms with van der Waals surface area (Å²) in [6.45, 7) is 8.63. The van der Waals surface area contributed by atoms with Gasteiger partial charge in [-0.2, -0.15) is 0 Å². The van der Waals surface area contributed by atoms with Crippen molar-refractivity contribution in [1.82, 2.24) is 25.2 Å². The quantitative estimate of drug-likeness (QED) is 0.685. The number of amides is 1. The van der Waals surface area contributed by atoms with Crippen LogP contribution in [0.15, 0.2) is 28.9 Å². The fraction of sp³-hybridized carbons (Fsp3) is 0.619. The Morgan fingerprint density at radius 3 is 2.16 bits per heavy atom. The van der Waals surface area contributed by atoms with Crippen molar-refractivity contribution < 1.29 is 14.1 Å². The van der Waals surface area contributed by atoms with Crippen molar-refractivity contribution in [3.05, 3.63) is 30.2 Å². The number of carbonyl (C=O) groups excluding carboxylic acids is 1. The minimum Gasteiger partial charge on any atom is -0.377 e. The van der Waals surface area contributed by atoms with E-state index in [4.69, 9.17) is 9.26 Å². The molecule has 3 aliphatic rings. The maximum Gasteiger partial charge on any atom is 0.292 e. The van der Waals surface area contributed by atoms with Gasteiger partial charge in [0.25, 0.3) is 5.91 Å². The zero-order chi connectivity index (χ0) is 21.0. The summed E-state index contributed by atoms with van der Waals surface area (Å²) in [5, 5.41) is 12.6. The highest BCUT2D eigenvalue weighted by Gasteiger charge is 2.26. The second-order valence-corrected chi connectivity index (χ2v) is 8.33. The average molecular weight is 428 g/mol. The molecule has 166 valence electrons. The van der Waals surface area contributed by atoms with Crippen LogP contribution in [0.5, 0.6) is 0 Å². The first-order valence-corrected chi connectivity index (χ1v) is 11.1. The fourth-order valence-electron chi connectivity index (χ4n) is 4.51. The molecule has 10 nitrogen and oxygen atoms in total. The van der Waals surface area contributed by atoms with E-state index in [1.807, 2.05) is 6.07 Å². The van der Waals surface area contributed by atoms with Crippen LogP contribution in [0.25, 0.3) is 0 Å². The van der Waals surface area contributed by atoms with E-state index in [0.29, 0.717) is 19.2 Å². The zero-order valence-corrected chi connectivity index (χ0v) is 17.7.